The predicted molar refractivity (Wildman–Crippen MR) is 152 cm³/mol. The lowest BCUT2D eigenvalue weighted by atomic mass is 9.71. The first-order valence-corrected chi connectivity index (χ1v) is 14.1. The second kappa shape index (κ2) is 12.4. The largest absolute Gasteiger partial charge is 0.352 e. The standard InChI is InChI=1S/C33H39N3O2/c37-31(17-16-27-10-4-1-5-11-27)36-24-20-33(21-25-36,29-14-8-3-9-15-29)32(38)34-30-18-22-35(23-19-30)26-28-12-6-2-7-13-28/h1-15,30H,16-26H2,(H,34,38). The fourth-order valence-electron chi connectivity index (χ4n) is 6.00. The number of likely N-dealkylation sites (tertiary alicyclic amines) is 2. The zero-order chi connectivity index (χ0) is 26.2. The molecule has 5 heteroatoms. The minimum atomic E-state index is -0.585. The van der Waals surface area contributed by atoms with E-state index in [0.29, 0.717) is 32.4 Å². The van der Waals surface area contributed by atoms with E-state index in [9.17, 15) is 9.59 Å². The summed E-state index contributed by atoms with van der Waals surface area (Å²) in [6.45, 7) is 4.17. The molecule has 2 fully saturated rings. The van der Waals surface area contributed by atoms with Crippen molar-refractivity contribution in [1.82, 2.24) is 15.1 Å². The highest BCUT2D eigenvalue weighted by atomic mass is 16.2. The molecule has 0 spiro atoms. The minimum absolute atomic E-state index is 0.126. The molecule has 0 aliphatic carbocycles. The second-order valence-electron chi connectivity index (χ2n) is 10.8. The molecule has 2 aliphatic rings. The second-order valence-corrected chi connectivity index (χ2v) is 10.8. The highest BCUT2D eigenvalue weighted by Crippen LogP contribution is 2.36. The van der Waals surface area contributed by atoms with Gasteiger partial charge in [-0.3, -0.25) is 14.5 Å². The molecule has 5 nitrogen and oxygen atoms in total. The number of nitrogens with zero attached hydrogens (tertiary/aromatic N) is 2. The number of hydrogen-bond acceptors (Lipinski definition) is 3. The highest BCUT2D eigenvalue weighted by molar-refractivity contribution is 5.89. The van der Waals surface area contributed by atoms with Crippen LogP contribution in [0.25, 0.3) is 0 Å². The van der Waals surface area contributed by atoms with Gasteiger partial charge in [-0.05, 0) is 48.8 Å². The maximum Gasteiger partial charge on any atom is 0.231 e. The Labute approximate surface area is 226 Å². The molecular weight excluding hydrogens is 470 g/mol. The quantitative estimate of drug-likeness (QED) is 0.467. The lowest BCUT2D eigenvalue weighted by Crippen LogP contribution is -2.55. The van der Waals surface area contributed by atoms with E-state index >= 15 is 0 Å². The highest BCUT2D eigenvalue weighted by Gasteiger charge is 2.44. The summed E-state index contributed by atoms with van der Waals surface area (Å²) in [4.78, 5) is 31.3. The van der Waals surface area contributed by atoms with Crippen molar-refractivity contribution in [3.05, 3.63) is 108 Å². The lowest BCUT2D eigenvalue weighted by molar-refractivity contribution is -0.137. The summed E-state index contributed by atoms with van der Waals surface area (Å²) in [5.74, 6) is 0.309. The van der Waals surface area contributed by atoms with Crippen molar-refractivity contribution < 1.29 is 9.59 Å². The third-order valence-electron chi connectivity index (χ3n) is 8.37. The minimum Gasteiger partial charge on any atom is -0.352 e. The summed E-state index contributed by atoms with van der Waals surface area (Å²) < 4.78 is 0. The number of benzene rings is 3. The number of aryl methyl sites for hydroxylation is 1. The van der Waals surface area contributed by atoms with Crippen LogP contribution in [0.1, 0.15) is 48.8 Å². The average molecular weight is 510 g/mol. The molecule has 2 amide bonds. The number of nitrogens with one attached hydrogen (secondary N) is 1. The van der Waals surface area contributed by atoms with Gasteiger partial charge in [0.05, 0.1) is 5.41 Å². The molecule has 2 aliphatic heterocycles. The Morgan fingerprint density at radius 3 is 1.89 bits per heavy atom. The predicted octanol–water partition coefficient (Wildman–Crippen LogP) is 4.96. The van der Waals surface area contributed by atoms with Crippen LogP contribution in [0, 0.1) is 0 Å². The van der Waals surface area contributed by atoms with Crippen molar-refractivity contribution in [2.24, 2.45) is 0 Å². The maximum atomic E-state index is 13.9. The molecule has 2 heterocycles. The van der Waals surface area contributed by atoms with Crippen LogP contribution in [-0.4, -0.2) is 53.8 Å². The van der Waals surface area contributed by atoms with Crippen molar-refractivity contribution in [2.45, 2.75) is 56.5 Å². The van der Waals surface area contributed by atoms with Gasteiger partial charge in [-0.2, -0.15) is 0 Å². The van der Waals surface area contributed by atoms with E-state index in [1.165, 1.54) is 11.1 Å². The summed E-state index contributed by atoms with van der Waals surface area (Å²) in [7, 11) is 0. The van der Waals surface area contributed by atoms with E-state index < -0.39 is 5.41 Å². The van der Waals surface area contributed by atoms with Crippen molar-refractivity contribution in [3.63, 3.8) is 0 Å². The van der Waals surface area contributed by atoms with Crippen LogP contribution in [0.3, 0.4) is 0 Å². The number of carbonyl (C=O) groups is 2. The van der Waals surface area contributed by atoms with Crippen LogP contribution in [0.5, 0.6) is 0 Å². The van der Waals surface area contributed by atoms with Gasteiger partial charge >= 0.3 is 0 Å². The normalized spacial score (nSPS) is 18.2. The van der Waals surface area contributed by atoms with Gasteiger partial charge < -0.3 is 10.2 Å². The first kappa shape index (κ1) is 26.2. The Kier molecular flexibility index (Phi) is 8.54. The van der Waals surface area contributed by atoms with Crippen molar-refractivity contribution in [1.29, 1.82) is 0 Å². The number of hydrogen-bond donors (Lipinski definition) is 1. The monoisotopic (exact) mass is 509 g/mol. The Bertz CT molecular complexity index is 1170. The molecule has 3 aromatic carbocycles. The summed E-state index contributed by atoms with van der Waals surface area (Å²) in [6, 6.07) is 31.1. The topological polar surface area (TPSA) is 52.7 Å². The number of piperidine rings is 2. The molecule has 0 aromatic heterocycles. The van der Waals surface area contributed by atoms with Crippen LogP contribution in [-0.2, 0) is 28.0 Å². The molecular formula is C33H39N3O2. The summed E-state index contributed by atoms with van der Waals surface area (Å²) in [5.41, 5.74) is 3.00. The Morgan fingerprint density at radius 1 is 0.737 bits per heavy atom. The first-order chi connectivity index (χ1) is 18.6. The van der Waals surface area contributed by atoms with E-state index in [0.717, 1.165) is 44.5 Å². The van der Waals surface area contributed by atoms with Gasteiger partial charge in [0, 0.05) is 45.2 Å². The fourth-order valence-corrected chi connectivity index (χ4v) is 6.00. The van der Waals surface area contributed by atoms with Crippen LogP contribution in [0.2, 0.25) is 0 Å². The first-order valence-electron chi connectivity index (χ1n) is 14.1. The maximum absolute atomic E-state index is 13.9. The zero-order valence-corrected chi connectivity index (χ0v) is 22.2. The number of rotatable bonds is 8. The molecule has 0 saturated carbocycles. The molecule has 0 radical (unpaired) electrons. The Hall–Kier alpha value is -3.44. The number of amides is 2. The van der Waals surface area contributed by atoms with Gasteiger partial charge in [-0.15, -0.1) is 0 Å². The van der Waals surface area contributed by atoms with Gasteiger partial charge in [-0.25, -0.2) is 0 Å². The zero-order valence-electron chi connectivity index (χ0n) is 22.2. The molecule has 1 N–H and O–H groups in total. The summed E-state index contributed by atoms with van der Waals surface area (Å²) in [5, 5.41) is 3.43. The SMILES string of the molecule is O=C(CCc1ccccc1)N1CCC(C(=O)NC2CCN(Cc3ccccc3)CC2)(c2ccccc2)CC1. The molecule has 0 atom stereocenters. The third-order valence-corrected chi connectivity index (χ3v) is 8.37. The Morgan fingerprint density at radius 2 is 1.29 bits per heavy atom. The van der Waals surface area contributed by atoms with E-state index in [4.69, 9.17) is 0 Å². The van der Waals surface area contributed by atoms with Gasteiger partial charge in [0.1, 0.15) is 0 Å². The van der Waals surface area contributed by atoms with E-state index in [1.807, 2.05) is 41.3 Å². The van der Waals surface area contributed by atoms with Crippen LogP contribution >= 0.6 is 0 Å². The van der Waals surface area contributed by atoms with Crippen LogP contribution < -0.4 is 5.32 Å². The molecule has 2 saturated heterocycles. The molecule has 0 bridgehead atoms. The van der Waals surface area contributed by atoms with Gasteiger partial charge in [-0.1, -0.05) is 91.0 Å². The van der Waals surface area contributed by atoms with Crippen molar-refractivity contribution in [3.8, 4) is 0 Å². The summed E-state index contributed by atoms with van der Waals surface area (Å²) >= 11 is 0. The average Bonchev–Trinajstić information content (AvgIpc) is 2.98. The van der Waals surface area contributed by atoms with E-state index in [-0.39, 0.29) is 17.9 Å². The van der Waals surface area contributed by atoms with Crippen LogP contribution in [0.4, 0.5) is 0 Å². The summed E-state index contributed by atoms with van der Waals surface area (Å²) in [6.07, 6.45) is 4.51. The fraction of sp³-hybridized carbons (Fsp3) is 0.394. The molecule has 38 heavy (non-hydrogen) atoms. The van der Waals surface area contributed by atoms with Crippen molar-refractivity contribution in [2.75, 3.05) is 26.2 Å². The van der Waals surface area contributed by atoms with Crippen LogP contribution in [0.15, 0.2) is 91.0 Å². The molecule has 0 unspecified atom stereocenters. The molecule has 198 valence electrons. The third kappa shape index (κ3) is 6.33. The van der Waals surface area contributed by atoms with E-state index in [2.05, 4.69) is 64.8 Å². The molecule has 3 aromatic rings. The number of carbonyl (C=O) groups excluding carboxylic acids is 2. The lowest BCUT2D eigenvalue weighted by Gasteiger charge is -2.42. The smallest absolute Gasteiger partial charge is 0.231 e. The van der Waals surface area contributed by atoms with Gasteiger partial charge in [0.25, 0.3) is 0 Å². The van der Waals surface area contributed by atoms with Crippen molar-refractivity contribution >= 4 is 11.8 Å². The van der Waals surface area contributed by atoms with E-state index in [1.54, 1.807) is 0 Å². The Balaban J connectivity index is 1.18. The van der Waals surface area contributed by atoms with Gasteiger partial charge in [0.2, 0.25) is 11.8 Å². The molecule has 5 rings (SSSR count). The van der Waals surface area contributed by atoms with Gasteiger partial charge in [0.15, 0.2) is 0 Å².